The summed E-state index contributed by atoms with van der Waals surface area (Å²) in [5.74, 6) is 0.646. The third-order valence-electron chi connectivity index (χ3n) is 12.1. The molecule has 0 amide bonds. The van der Waals surface area contributed by atoms with Gasteiger partial charge in [0.2, 0.25) is 0 Å². The van der Waals surface area contributed by atoms with Crippen LogP contribution >= 0.6 is 0 Å². The highest BCUT2D eigenvalue weighted by molar-refractivity contribution is 6.30. The van der Waals surface area contributed by atoms with Crippen molar-refractivity contribution in [2.24, 2.45) is 0 Å². The first-order valence-electron chi connectivity index (χ1n) is 19.7. The first-order valence-corrected chi connectivity index (χ1v) is 19.7. The maximum absolute atomic E-state index is 5.35. The number of hydrogen-bond donors (Lipinski definition) is 0. The SMILES string of the molecule is c1ccc2c(c1)-c1cccc3ccc4c(c13)c1c-2cccc1n4-c1ccccc1-c1nc2c(-c3ccc(-c4ccc5ccccc5c4)cc3)nc3ccccc3n2n1. The maximum Gasteiger partial charge on any atom is 0.184 e. The van der Waals surface area contributed by atoms with Crippen LogP contribution in [0.2, 0.25) is 0 Å². The van der Waals surface area contributed by atoms with Crippen molar-refractivity contribution in [1.29, 1.82) is 0 Å². The van der Waals surface area contributed by atoms with E-state index in [2.05, 4.69) is 174 Å². The molecular weight excluding hydrogens is 707 g/mol. The fraction of sp³-hybridized carbons (Fsp3) is 0. The highest BCUT2D eigenvalue weighted by Gasteiger charge is 2.26. The Kier molecular flexibility index (Phi) is 6.38. The van der Waals surface area contributed by atoms with Crippen LogP contribution < -0.4 is 0 Å². The van der Waals surface area contributed by atoms with Crippen molar-refractivity contribution in [2.75, 3.05) is 0 Å². The lowest BCUT2D eigenvalue weighted by Gasteiger charge is -2.15. The Bertz CT molecular complexity index is 3680. The summed E-state index contributed by atoms with van der Waals surface area (Å²) >= 11 is 0. The van der Waals surface area contributed by atoms with Crippen LogP contribution in [0.15, 0.2) is 188 Å². The number of aromatic nitrogens is 5. The second-order valence-corrected chi connectivity index (χ2v) is 15.2. The molecule has 0 radical (unpaired) electrons. The molecule has 0 spiro atoms. The van der Waals surface area contributed by atoms with Crippen LogP contribution in [0, 0.1) is 0 Å². The average molecular weight is 738 g/mol. The first kappa shape index (κ1) is 31.3. The van der Waals surface area contributed by atoms with Crippen LogP contribution in [0.25, 0.3) is 122 Å². The van der Waals surface area contributed by atoms with Crippen LogP contribution in [0.5, 0.6) is 0 Å². The summed E-state index contributed by atoms with van der Waals surface area (Å²) in [7, 11) is 0. The number of para-hydroxylation sites is 3. The van der Waals surface area contributed by atoms with E-state index in [1.165, 1.54) is 60.1 Å². The Balaban J connectivity index is 1.02. The van der Waals surface area contributed by atoms with Gasteiger partial charge in [0.1, 0.15) is 5.69 Å². The number of benzene rings is 9. The van der Waals surface area contributed by atoms with Crippen LogP contribution in [0.4, 0.5) is 0 Å². The fourth-order valence-corrected chi connectivity index (χ4v) is 9.48. The third kappa shape index (κ3) is 4.38. The molecule has 12 aromatic rings. The molecule has 0 bridgehead atoms. The molecule has 0 aliphatic heterocycles. The van der Waals surface area contributed by atoms with E-state index < -0.39 is 0 Å². The van der Waals surface area contributed by atoms with Gasteiger partial charge in [-0.25, -0.2) is 14.5 Å². The molecule has 0 fully saturated rings. The molecule has 268 valence electrons. The van der Waals surface area contributed by atoms with Crippen LogP contribution in [0.1, 0.15) is 0 Å². The molecule has 0 unspecified atom stereocenters. The van der Waals surface area contributed by atoms with Crippen molar-refractivity contribution in [2.45, 2.75) is 0 Å². The molecule has 3 heterocycles. The van der Waals surface area contributed by atoms with Crippen LogP contribution in [-0.4, -0.2) is 24.1 Å². The topological polar surface area (TPSA) is 48.0 Å². The quantitative estimate of drug-likeness (QED) is 0.181. The van der Waals surface area contributed by atoms with E-state index in [-0.39, 0.29) is 0 Å². The van der Waals surface area contributed by atoms with Crippen molar-refractivity contribution in [3.8, 4) is 61.7 Å². The molecule has 1 aliphatic carbocycles. The Labute approximate surface area is 332 Å². The highest BCUT2D eigenvalue weighted by Crippen LogP contribution is 2.50. The summed E-state index contributed by atoms with van der Waals surface area (Å²) < 4.78 is 4.39. The van der Waals surface area contributed by atoms with Gasteiger partial charge in [-0.3, -0.25) is 0 Å². The molecule has 5 nitrogen and oxygen atoms in total. The Morgan fingerprint density at radius 1 is 0.362 bits per heavy atom. The van der Waals surface area contributed by atoms with Crippen molar-refractivity contribution in [3.63, 3.8) is 0 Å². The molecule has 0 saturated heterocycles. The molecule has 3 aromatic heterocycles. The van der Waals surface area contributed by atoms with Gasteiger partial charge in [-0.05, 0) is 97.4 Å². The predicted octanol–water partition coefficient (Wildman–Crippen LogP) is 13.3. The van der Waals surface area contributed by atoms with Gasteiger partial charge in [0.25, 0.3) is 0 Å². The van der Waals surface area contributed by atoms with E-state index in [0.29, 0.717) is 11.5 Å². The lowest BCUT2D eigenvalue weighted by atomic mass is 9.93. The molecule has 0 saturated carbocycles. The molecular formula is C53H31N5. The lowest BCUT2D eigenvalue weighted by molar-refractivity contribution is 0.999. The zero-order chi connectivity index (χ0) is 37.9. The normalized spacial score (nSPS) is 12.1. The molecule has 1 aliphatic rings. The van der Waals surface area contributed by atoms with Gasteiger partial charge in [-0.2, -0.15) is 0 Å². The second-order valence-electron chi connectivity index (χ2n) is 15.2. The second kappa shape index (κ2) is 11.8. The minimum Gasteiger partial charge on any atom is -0.308 e. The Morgan fingerprint density at radius 2 is 0.966 bits per heavy atom. The van der Waals surface area contributed by atoms with Gasteiger partial charge in [0, 0.05) is 21.9 Å². The summed E-state index contributed by atoms with van der Waals surface area (Å²) in [6, 6.07) is 67.3. The number of hydrogen-bond acceptors (Lipinski definition) is 3. The number of rotatable bonds is 4. The zero-order valence-corrected chi connectivity index (χ0v) is 31.1. The standard InChI is InChI=1S/C53H31N5/c1-2-12-36-31-37(28-25-32(36)11-1)33-23-26-35(27-24-33)51-53-55-52(56-58(53)45-21-8-6-19-43(45)54-51)42-16-5-7-20-44(42)57-46-22-10-18-41-39-15-4-3-14-38(39)40-17-9-13-34-29-30-47(57)50(48(34)40)49(41)46/h1-31H. The van der Waals surface area contributed by atoms with E-state index in [1.807, 2.05) is 22.7 Å². The summed E-state index contributed by atoms with van der Waals surface area (Å²) in [6.45, 7) is 0. The van der Waals surface area contributed by atoms with Gasteiger partial charge in [-0.1, -0.05) is 146 Å². The number of nitrogens with zero attached hydrogens (tertiary/aromatic N) is 5. The molecule has 0 N–H and O–H groups in total. The highest BCUT2D eigenvalue weighted by atomic mass is 15.3. The van der Waals surface area contributed by atoms with E-state index >= 15 is 0 Å². The van der Waals surface area contributed by atoms with Crippen LogP contribution in [0.3, 0.4) is 0 Å². The van der Waals surface area contributed by atoms with Gasteiger partial charge in [0.05, 0.1) is 27.8 Å². The summed E-state index contributed by atoms with van der Waals surface area (Å²) in [6.07, 6.45) is 0. The van der Waals surface area contributed by atoms with Gasteiger partial charge >= 0.3 is 0 Å². The van der Waals surface area contributed by atoms with E-state index in [0.717, 1.165) is 50.1 Å². The summed E-state index contributed by atoms with van der Waals surface area (Å²) in [5, 5.41) is 12.8. The average Bonchev–Trinajstić information content (AvgIpc) is 3.86. The lowest BCUT2D eigenvalue weighted by Crippen LogP contribution is -1.99. The largest absolute Gasteiger partial charge is 0.308 e. The smallest absolute Gasteiger partial charge is 0.184 e. The summed E-state index contributed by atoms with van der Waals surface area (Å²) in [5.41, 5.74) is 15.9. The van der Waals surface area contributed by atoms with E-state index in [1.54, 1.807) is 0 Å². The minimum absolute atomic E-state index is 0.646. The van der Waals surface area contributed by atoms with Crippen molar-refractivity contribution < 1.29 is 0 Å². The van der Waals surface area contributed by atoms with Crippen molar-refractivity contribution in [3.05, 3.63) is 188 Å². The fourth-order valence-electron chi connectivity index (χ4n) is 9.48. The predicted molar refractivity (Wildman–Crippen MR) is 238 cm³/mol. The third-order valence-corrected chi connectivity index (χ3v) is 12.1. The van der Waals surface area contributed by atoms with Crippen molar-refractivity contribution in [1.82, 2.24) is 24.1 Å². The molecule has 0 atom stereocenters. The van der Waals surface area contributed by atoms with Crippen LogP contribution in [-0.2, 0) is 0 Å². The first-order chi connectivity index (χ1) is 28.8. The minimum atomic E-state index is 0.646. The Morgan fingerprint density at radius 3 is 1.83 bits per heavy atom. The monoisotopic (exact) mass is 737 g/mol. The number of fused-ring (bicyclic) bond motifs is 7. The molecule has 13 rings (SSSR count). The van der Waals surface area contributed by atoms with Gasteiger partial charge in [-0.15, -0.1) is 5.10 Å². The molecule has 9 aromatic carbocycles. The van der Waals surface area contributed by atoms with E-state index in [4.69, 9.17) is 15.1 Å². The van der Waals surface area contributed by atoms with E-state index in [9.17, 15) is 0 Å². The van der Waals surface area contributed by atoms with Gasteiger partial charge < -0.3 is 4.57 Å². The maximum atomic E-state index is 5.35. The van der Waals surface area contributed by atoms with Gasteiger partial charge in [0.15, 0.2) is 11.5 Å². The molecule has 5 heteroatoms. The van der Waals surface area contributed by atoms with Crippen molar-refractivity contribution >= 4 is 60.0 Å². The Hall–Kier alpha value is -7.89. The zero-order valence-electron chi connectivity index (χ0n) is 31.1. The molecule has 58 heavy (non-hydrogen) atoms. The summed E-state index contributed by atoms with van der Waals surface area (Å²) in [4.78, 5) is 10.6.